The molecule has 2 amide bonds. The second-order valence-electron chi connectivity index (χ2n) is 4.53. The molecule has 0 unspecified atom stereocenters. The molecule has 0 aromatic heterocycles. The van der Waals surface area contributed by atoms with E-state index in [2.05, 4.69) is 5.32 Å². The highest BCUT2D eigenvalue weighted by atomic mass is 16.2. The van der Waals surface area contributed by atoms with Gasteiger partial charge in [-0.3, -0.25) is 9.59 Å². The van der Waals surface area contributed by atoms with Gasteiger partial charge in [-0.1, -0.05) is 19.8 Å². The Morgan fingerprint density at radius 1 is 1.35 bits per heavy atom. The van der Waals surface area contributed by atoms with Gasteiger partial charge in [0.05, 0.1) is 6.54 Å². The summed E-state index contributed by atoms with van der Waals surface area (Å²) in [6, 6.07) is 0.219. The molecular formula is C12H23N3O2. The Balaban J connectivity index is 2.48. The Bertz CT molecular complexity index is 262. The van der Waals surface area contributed by atoms with Crippen molar-refractivity contribution >= 4 is 11.8 Å². The van der Waals surface area contributed by atoms with Gasteiger partial charge in [-0.25, -0.2) is 0 Å². The smallest absolute Gasteiger partial charge is 0.237 e. The lowest BCUT2D eigenvalue weighted by molar-refractivity contribution is -0.137. The highest BCUT2D eigenvalue weighted by Crippen LogP contribution is 2.23. The molecule has 17 heavy (non-hydrogen) atoms. The van der Waals surface area contributed by atoms with E-state index in [4.69, 9.17) is 5.73 Å². The van der Waals surface area contributed by atoms with Crippen LogP contribution in [0.25, 0.3) is 0 Å². The number of hydrogen-bond acceptors (Lipinski definition) is 3. The lowest BCUT2D eigenvalue weighted by atomic mass is 10.2. The van der Waals surface area contributed by atoms with Crippen LogP contribution in [0.4, 0.5) is 0 Å². The quantitative estimate of drug-likeness (QED) is 0.627. The maximum absolute atomic E-state index is 12.0. The third-order valence-electron chi connectivity index (χ3n) is 3.18. The number of nitrogens with two attached hydrogens (primary N) is 1. The van der Waals surface area contributed by atoms with Crippen LogP contribution in [0.5, 0.6) is 0 Å². The first-order valence-corrected chi connectivity index (χ1v) is 6.43. The molecule has 0 aliphatic heterocycles. The molecule has 1 fully saturated rings. The number of amides is 2. The predicted molar refractivity (Wildman–Crippen MR) is 66.3 cm³/mol. The van der Waals surface area contributed by atoms with Crippen LogP contribution < -0.4 is 11.1 Å². The van der Waals surface area contributed by atoms with Gasteiger partial charge >= 0.3 is 0 Å². The van der Waals surface area contributed by atoms with E-state index in [9.17, 15) is 9.59 Å². The van der Waals surface area contributed by atoms with Gasteiger partial charge in [0.1, 0.15) is 0 Å². The van der Waals surface area contributed by atoms with Crippen LogP contribution in [-0.2, 0) is 9.59 Å². The average molecular weight is 241 g/mol. The summed E-state index contributed by atoms with van der Waals surface area (Å²) in [5.74, 6) is -0.384. The molecule has 5 nitrogen and oxygen atoms in total. The fourth-order valence-electron chi connectivity index (χ4n) is 2.32. The third kappa shape index (κ3) is 4.73. The molecule has 3 N–H and O–H groups in total. The predicted octanol–water partition coefficient (Wildman–Crippen LogP) is 0.242. The molecule has 0 bridgehead atoms. The van der Waals surface area contributed by atoms with Gasteiger partial charge in [0.15, 0.2) is 0 Å². The van der Waals surface area contributed by atoms with Crippen LogP contribution >= 0.6 is 0 Å². The first-order chi connectivity index (χ1) is 8.15. The van der Waals surface area contributed by atoms with Crippen molar-refractivity contribution in [3.05, 3.63) is 0 Å². The van der Waals surface area contributed by atoms with E-state index in [1.807, 2.05) is 6.92 Å². The van der Waals surface area contributed by atoms with Gasteiger partial charge < -0.3 is 16.0 Å². The lowest BCUT2D eigenvalue weighted by Gasteiger charge is -2.27. The molecule has 5 heteroatoms. The summed E-state index contributed by atoms with van der Waals surface area (Å²) < 4.78 is 0. The third-order valence-corrected chi connectivity index (χ3v) is 3.18. The van der Waals surface area contributed by atoms with Crippen molar-refractivity contribution in [2.45, 2.75) is 45.1 Å². The summed E-state index contributed by atoms with van der Waals surface area (Å²) >= 11 is 0. The molecule has 0 radical (unpaired) electrons. The largest absolute Gasteiger partial charge is 0.368 e. The molecule has 0 heterocycles. The number of carbonyl (C=O) groups excluding carboxylic acids is 2. The van der Waals surface area contributed by atoms with Gasteiger partial charge in [-0.05, 0) is 19.4 Å². The second kappa shape index (κ2) is 7.27. The highest BCUT2D eigenvalue weighted by Gasteiger charge is 2.27. The molecule has 0 aromatic carbocycles. The van der Waals surface area contributed by atoms with Crippen molar-refractivity contribution in [2.75, 3.05) is 19.6 Å². The van der Waals surface area contributed by atoms with Crippen molar-refractivity contribution in [3.8, 4) is 0 Å². The molecule has 1 rings (SSSR count). The van der Waals surface area contributed by atoms with Crippen LogP contribution in [0.2, 0.25) is 0 Å². The Kier molecular flexibility index (Phi) is 5.97. The molecular weight excluding hydrogens is 218 g/mol. The van der Waals surface area contributed by atoms with Gasteiger partial charge in [0.2, 0.25) is 11.8 Å². The fourth-order valence-corrected chi connectivity index (χ4v) is 2.32. The second-order valence-corrected chi connectivity index (χ2v) is 4.53. The van der Waals surface area contributed by atoms with E-state index < -0.39 is 5.91 Å². The highest BCUT2D eigenvalue weighted by molar-refractivity contribution is 5.84. The minimum absolute atomic E-state index is 0.0386. The standard InChI is InChI=1S/C12H23N3O2/c1-2-14-8-7-12(17)15(9-11(13)16)10-5-3-4-6-10/h10,14H,2-9H2,1H3,(H2,13,16). The summed E-state index contributed by atoms with van der Waals surface area (Å²) in [5, 5.41) is 3.11. The van der Waals surface area contributed by atoms with Crippen LogP contribution in [0, 0.1) is 0 Å². The number of hydrogen-bond donors (Lipinski definition) is 2. The van der Waals surface area contributed by atoms with Crippen molar-refractivity contribution < 1.29 is 9.59 Å². The maximum atomic E-state index is 12.0. The molecule has 0 saturated heterocycles. The number of nitrogens with one attached hydrogen (secondary N) is 1. The SMILES string of the molecule is CCNCCC(=O)N(CC(N)=O)C1CCCC1. The molecule has 0 atom stereocenters. The monoisotopic (exact) mass is 241 g/mol. The van der Waals surface area contributed by atoms with Crippen molar-refractivity contribution in [2.24, 2.45) is 5.73 Å². The Labute approximate surface area is 103 Å². The van der Waals surface area contributed by atoms with E-state index >= 15 is 0 Å². The summed E-state index contributed by atoms with van der Waals surface area (Å²) in [7, 11) is 0. The minimum atomic E-state index is -0.422. The van der Waals surface area contributed by atoms with Gasteiger partial charge in [-0.2, -0.15) is 0 Å². The van der Waals surface area contributed by atoms with E-state index in [0.29, 0.717) is 13.0 Å². The maximum Gasteiger partial charge on any atom is 0.237 e. The Hall–Kier alpha value is -1.10. The van der Waals surface area contributed by atoms with Crippen LogP contribution in [0.15, 0.2) is 0 Å². The number of rotatable bonds is 7. The number of carbonyl (C=O) groups is 2. The topological polar surface area (TPSA) is 75.4 Å². The molecule has 98 valence electrons. The number of primary amides is 1. The Morgan fingerprint density at radius 2 is 2.00 bits per heavy atom. The van der Waals surface area contributed by atoms with Gasteiger partial charge in [-0.15, -0.1) is 0 Å². The summed E-state index contributed by atoms with van der Waals surface area (Å²) in [6.07, 6.45) is 4.72. The molecule has 0 aromatic rings. The van der Waals surface area contributed by atoms with Crippen molar-refractivity contribution in [1.82, 2.24) is 10.2 Å². The zero-order valence-corrected chi connectivity index (χ0v) is 10.6. The van der Waals surface area contributed by atoms with Gasteiger partial charge in [0.25, 0.3) is 0 Å². The Morgan fingerprint density at radius 3 is 2.53 bits per heavy atom. The average Bonchev–Trinajstić information content (AvgIpc) is 2.79. The van der Waals surface area contributed by atoms with E-state index in [-0.39, 0.29) is 18.5 Å². The summed E-state index contributed by atoms with van der Waals surface area (Å²) in [4.78, 5) is 24.7. The van der Waals surface area contributed by atoms with E-state index in [1.54, 1.807) is 4.90 Å². The van der Waals surface area contributed by atoms with E-state index in [0.717, 1.165) is 32.2 Å². The van der Waals surface area contributed by atoms with Crippen LogP contribution in [0.1, 0.15) is 39.0 Å². The van der Waals surface area contributed by atoms with Gasteiger partial charge in [0, 0.05) is 19.0 Å². The number of nitrogens with zero attached hydrogens (tertiary/aromatic N) is 1. The fraction of sp³-hybridized carbons (Fsp3) is 0.833. The zero-order chi connectivity index (χ0) is 12.7. The van der Waals surface area contributed by atoms with Crippen molar-refractivity contribution in [3.63, 3.8) is 0 Å². The lowest BCUT2D eigenvalue weighted by Crippen LogP contribution is -2.44. The molecule has 1 aliphatic carbocycles. The molecule has 1 aliphatic rings. The summed E-state index contributed by atoms with van der Waals surface area (Å²) in [6.45, 7) is 3.59. The zero-order valence-electron chi connectivity index (χ0n) is 10.6. The molecule has 0 spiro atoms. The van der Waals surface area contributed by atoms with Crippen LogP contribution in [-0.4, -0.2) is 42.4 Å². The molecule has 1 saturated carbocycles. The first-order valence-electron chi connectivity index (χ1n) is 6.43. The van der Waals surface area contributed by atoms with Crippen molar-refractivity contribution in [1.29, 1.82) is 0 Å². The van der Waals surface area contributed by atoms with E-state index in [1.165, 1.54) is 0 Å². The first kappa shape index (κ1) is 14.0. The normalized spacial score (nSPS) is 16.1. The summed E-state index contributed by atoms with van der Waals surface area (Å²) in [5.41, 5.74) is 5.21. The minimum Gasteiger partial charge on any atom is -0.368 e. The van der Waals surface area contributed by atoms with Crippen LogP contribution in [0.3, 0.4) is 0 Å².